The third-order valence-electron chi connectivity index (χ3n) is 3.32. The van der Waals surface area contributed by atoms with Crippen LogP contribution in [0.4, 0.5) is 8.78 Å². The fraction of sp³-hybridized carbons (Fsp3) is 0.357. The van der Waals surface area contributed by atoms with E-state index in [0.717, 1.165) is 6.07 Å². The highest BCUT2D eigenvalue weighted by Gasteiger charge is 2.24. The minimum atomic E-state index is -0.601. The van der Waals surface area contributed by atoms with Crippen molar-refractivity contribution in [2.75, 3.05) is 14.2 Å². The van der Waals surface area contributed by atoms with Gasteiger partial charge in [-0.25, -0.2) is 8.78 Å². The fourth-order valence-corrected chi connectivity index (χ4v) is 2.25. The van der Waals surface area contributed by atoms with E-state index in [-0.39, 0.29) is 0 Å². The Morgan fingerprint density at radius 3 is 2.60 bits per heavy atom. The molecule has 20 heavy (non-hydrogen) atoms. The molecule has 4 nitrogen and oxygen atoms in total. The first-order chi connectivity index (χ1) is 9.49. The zero-order valence-corrected chi connectivity index (χ0v) is 11.9. The highest BCUT2D eigenvalue weighted by atomic mass is 19.1. The van der Waals surface area contributed by atoms with Gasteiger partial charge in [0.2, 0.25) is 0 Å². The lowest BCUT2D eigenvalue weighted by molar-refractivity contribution is 0.401. The molecule has 108 valence electrons. The number of rotatable bonds is 4. The number of hydrogen-bond donors (Lipinski definition) is 1. The van der Waals surface area contributed by atoms with E-state index in [4.69, 9.17) is 4.74 Å². The van der Waals surface area contributed by atoms with Crippen molar-refractivity contribution < 1.29 is 13.5 Å². The summed E-state index contributed by atoms with van der Waals surface area (Å²) in [4.78, 5) is 0. The number of aromatic nitrogens is 2. The van der Waals surface area contributed by atoms with Gasteiger partial charge >= 0.3 is 0 Å². The summed E-state index contributed by atoms with van der Waals surface area (Å²) in [6, 6.07) is 1.92. The van der Waals surface area contributed by atoms with Gasteiger partial charge in [0.05, 0.1) is 19.3 Å². The molecule has 0 aliphatic carbocycles. The van der Waals surface area contributed by atoms with Gasteiger partial charge in [-0.05, 0) is 25.6 Å². The Morgan fingerprint density at radius 2 is 2.00 bits per heavy atom. The van der Waals surface area contributed by atoms with Gasteiger partial charge in [-0.15, -0.1) is 0 Å². The monoisotopic (exact) mass is 281 g/mol. The molecule has 2 rings (SSSR count). The van der Waals surface area contributed by atoms with Crippen molar-refractivity contribution in [2.45, 2.75) is 13.0 Å². The molecule has 0 amide bonds. The van der Waals surface area contributed by atoms with Gasteiger partial charge in [0.25, 0.3) is 0 Å². The lowest BCUT2D eigenvalue weighted by Gasteiger charge is -2.19. The summed E-state index contributed by atoms with van der Waals surface area (Å²) >= 11 is 0. The third kappa shape index (κ3) is 2.38. The second-order valence-electron chi connectivity index (χ2n) is 4.57. The zero-order chi connectivity index (χ0) is 14.9. The Hall–Kier alpha value is -1.95. The van der Waals surface area contributed by atoms with Crippen molar-refractivity contribution in [2.24, 2.45) is 7.05 Å². The Morgan fingerprint density at radius 1 is 1.30 bits per heavy atom. The van der Waals surface area contributed by atoms with Gasteiger partial charge in [-0.3, -0.25) is 4.68 Å². The average Bonchev–Trinajstić information content (AvgIpc) is 2.78. The predicted octanol–water partition coefficient (Wildman–Crippen LogP) is 2.32. The molecule has 0 bridgehead atoms. The van der Waals surface area contributed by atoms with Crippen LogP contribution >= 0.6 is 0 Å². The molecule has 0 aliphatic heterocycles. The molecule has 0 spiro atoms. The van der Waals surface area contributed by atoms with E-state index in [0.29, 0.717) is 22.6 Å². The van der Waals surface area contributed by atoms with E-state index in [1.807, 2.05) is 0 Å². The Labute approximate surface area is 116 Å². The number of nitrogens with zero attached hydrogens (tertiary/aromatic N) is 2. The number of ether oxygens (including phenoxy) is 1. The van der Waals surface area contributed by atoms with Crippen LogP contribution in [0, 0.1) is 18.6 Å². The van der Waals surface area contributed by atoms with Crippen molar-refractivity contribution in [3.8, 4) is 5.75 Å². The molecule has 1 aromatic carbocycles. The average molecular weight is 281 g/mol. The molecule has 1 unspecified atom stereocenters. The maximum Gasteiger partial charge on any atom is 0.161 e. The SMILES string of the molecule is CNC(c1cc(C)c(F)cc1F)c1c(OC)cnn1C. The Bertz CT molecular complexity index is 625. The van der Waals surface area contributed by atoms with Gasteiger partial charge in [0.1, 0.15) is 17.3 Å². The Balaban J connectivity index is 2.58. The maximum atomic E-state index is 14.1. The molecule has 1 N–H and O–H groups in total. The molecule has 0 saturated carbocycles. The van der Waals surface area contributed by atoms with E-state index >= 15 is 0 Å². The van der Waals surface area contributed by atoms with E-state index in [1.165, 1.54) is 13.2 Å². The number of methoxy groups -OCH3 is 1. The lowest BCUT2D eigenvalue weighted by atomic mass is 10.00. The number of aryl methyl sites for hydroxylation is 2. The topological polar surface area (TPSA) is 39.1 Å². The first kappa shape index (κ1) is 14.5. The van der Waals surface area contributed by atoms with Crippen molar-refractivity contribution in [1.29, 1.82) is 0 Å². The van der Waals surface area contributed by atoms with Crippen molar-refractivity contribution in [1.82, 2.24) is 15.1 Å². The molecule has 2 aromatic rings. The van der Waals surface area contributed by atoms with Crippen LogP contribution in [0.5, 0.6) is 5.75 Å². The quantitative estimate of drug-likeness (QED) is 0.935. The number of nitrogens with one attached hydrogen (secondary N) is 1. The smallest absolute Gasteiger partial charge is 0.161 e. The number of hydrogen-bond acceptors (Lipinski definition) is 3. The largest absolute Gasteiger partial charge is 0.493 e. The first-order valence-electron chi connectivity index (χ1n) is 6.18. The highest BCUT2D eigenvalue weighted by Crippen LogP contribution is 2.31. The molecule has 1 heterocycles. The van der Waals surface area contributed by atoms with Crippen LogP contribution in [0.1, 0.15) is 22.9 Å². The van der Waals surface area contributed by atoms with Crippen molar-refractivity contribution in [3.63, 3.8) is 0 Å². The minimum absolute atomic E-state index is 0.355. The van der Waals surface area contributed by atoms with Crippen LogP contribution in [-0.4, -0.2) is 23.9 Å². The standard InChI is InChI=1S/C14H17F2N3O/c1-8-5-9(11(16)6-10(8)15)13(17-2)14-12(20-4)7-18-19(14)3/h5-7,13,17H,1-4H3. The molecule has 0 saturated heterocycles. The molecule has 0 radical (unpaired) electrons. The van der Waals surface area contributed by atoms with E-state index < -0.39 is 17.7 Å². The molecular weight excluding hydrogens is 264 g/mol. The Kier molecular flexibility index (Phi) is 4.04. The van der Waals surface area contributed by atoms with Crippen LogP contribution in [0.3, 0.4) is 0 Å². The molecule has 6 heteroatoms. The molecular formula is C14H17F2N3O. The van der Waals surface area contributed by atoms with E-state index in [2.05, 4.69) is 10.4 Å². The highest BCUT2D eigenvalue weighted by molar-refractivity contribution is 5.38. The van der Waals surface area contributed by atoms with Crippen LogP contribution in [-0.2, 0) is 7.05 Å². The summed E-state index contributed by atoms with van der Waals surface area (Å²) in [7, 11) is 4.98. The summed E-state index contributed by atoms with van der Waals surface area (Å²) in [5.74, 6) is -0.609. The molecule has 0 fully saturated rings. The van der Waals surface area contributed by atoms with Gasteiger partial charge in [-0.2, -0.15) is 5.10 Å². The van der Waals surface area contributed by atoms with Gasteiger partial charge in [0, 0.05) is 18.7 Å². The second kappa shape index (κ2) is 5.58. The van der Waals surface area contributed by atoms with Crippen molar-refractivity contribution in [3.05, 3.63) is 46.8 Å². The summed E-state index contributed by atoms with van der Waals surface area (Å²) in [6.45, 7) is 1.60. The zero-order valence-electron chi connectivity index (χ0n) is 11.9. The van der Waals surface area contributed by atoms with E-state index in [9.17, 15) is 8.78 Å². The van der Waals surface area contributed by atoms with Crippen molar-refractivity contribution >= 4 is 0 Å². The molecule has 1 aromatic heterocycles. The lowest BCUT2D eigenvalue weighted by Crippen LogP contribution is -2.22. The molecule has 0 aliphatic rings. The van der Waals surface area contributed by atoms with E-state index in [1.54, 1.807) is 31.9 Å². The molecule has 1 atom stereocenters. The summed E-state index contributed by atoms with van der Waals surface area (Å²) in [5.41, 5.74) is 1.43. The minimum Gasteiger partial charge on any atom is -0.493 e. The summed E-state index contributed by atoms with van der Waals surface area (Å²) < 4.78 is 34.3. The first-order valence-corrected chi connectivity index (χ1v) is 6.18. The number of halogens is 2. The second-order valence-corrected chi connectivity index (χ2v) is 4.57. The third-order valence-corrected chi connectivity index (χ3v) is 3.32. The van der Waals surface area contributed by atoms with Crippen LogP contribution in [0.2, 0.25) is 0 Å². The fourth-order valence-electron chi connectivity index (χ4n) is 2.25. The van der Waals surface area contributed by atoms with Crippen LogP contribution < -0.4 is 10.1 Å². The number of benzene rings is 1. The predicted molar refractivity (Wildman–Crippen MR) is 71.8 cm³/mol. The van der Waals surface area contributed by atoms with Crippen LogP contribution in [0.15, 0.2) is 18.3 Å². The van der Waals surface area contributed by atoms with Gasteiger partial charge in [-0.1, -0.05) is 0 Å². The normalized spacial score (nSPS) is 12.5. The summed E-state index contributed by atoms with van der Waals surface area (Å²) in [5, 5.41) is 7.13. The summed E-state index contributed by atoms with van der Waals surface area (Å²) in [6.07, 6.45) is 1.56. The maximum absolute atomic E-state index is 14.1. The van der Waals surface area contributed by atoms with Crippen LogP contribution in [0.25, 0.3) is 0 Å². The van der Waals surface area contributed by atoms with Gasteiger partial charge in [0.15, 0.2) is 5.75 Å². The van der Waals surface area contributed by atoms with Gasteiger partial charge < -0.3 is 10.1 Å².